The summed E-state index contributed by atoms with van der Waals surface area (Å²) in [5, 5.41) is 10.8. The van der Waals surface area contributed by atoms with Crippen molar-refractivity contribution in [2.75, 3.05) is 46.3 Å². The Bertz CT molecular complexity index is 707. The third-order valence-electron chi connectivity index (χ3n) is 5.38. The summed E-state index contributed by atoms with van der Waals surface area (Å²) in [5.74, 6) is 1.99. The van der Waals surface area contributed by atoms with Gasteiger partial charge in [0.25, 0.3) is 0 Å². The first-order chi connectivity index (χ1) is 14.8. The third-order valence-corrected chi connectivity index (χ3v) is 5.38. The van der Waals surface area contributed by atoms with Crippen LogP contribution in [0.25, 0.3) is 0 Å². The average Bonchev–Trinajstić information content (AvgIpc) is 3.19. The van der Waals surface area contributed by atoms with Crippen LogP contribution in [0.3, 0.4) is 0 Å². The number of nitrogens with one attached hydrogen (secondary N) is 2. The number of amides is 1. The van der Waals surface area contributed by atoms with Crippen LogP contribution in [0.5, 0.6) is 0 Å². The molecule has 1 fully saturated rings. The summed E-state index contributed by atoms with van der Waals surface area (Å²) in [4.78, 5) is 20.5. The summed E-state index contributed by atoms with van der Waals surface area (Å²) < 4.78 is 10.9. The lowest BCUT2D eigenvalue weighted by Crippen LogP contribution is -2.51. The zero-order chi connectivity index (χ0) is 22.9. The standard InChI is InChI=1S/C22H40N6O3.HI/c1-7-17(8-2)19-15-18(31-26-19)16-25-20(23-6)24-9-10-27-11-13-28(14-12-27)21(29)30-22(3,4)5;/h15,17H,7-14,16H2,1-6H3,(H2,23,24,25);1H. The van der Waals surface area contributed by atoms with Crippen LogP contribution in [0.2, 0.25) is 0 Å². The number of ether oxygens (including phenoxy) is 1. The van der Waals surface area contributed by atoms with E-state index in [1.54, 1.807) is 11.9 Å². The fraction of sp³-hybridized carbons (Fsp3) is 0.773. The van der Waals surface area contributed by atoms with Crippen LogP contribution in [0.4, 0.5) is 4.79 Å². The van der Waals surface area contributed by atoms with E-state index >= 15 is 0 Å². The number of aromatic nitrogens is 1. The van der Waals surface area contributed by atoms with E-state index in [4.69, 9.17) is 9.26 Å². The van der Waals surface area contributed by atoms with Gasteiger partial charge in [-0.15, -0.1) is 24.0 Å². The van der Waals surface area contributed by atoms with Gasteiger partial charge in [0.2, 0.25) is 0 Å². The average molecular weight is 565 g/mol. The van der Waals surface area contributed by atoms with Gasteiger partial charge >= 0.3 is 6.09 Å². The molecule has 184 valence electrons. The van der Waals surface area contributed by atoms with Gasteiger partial charge in [-0.05, 0) is 33.6 Å². The van der Waals surface area contributed by atoms with Crippen molar-refractivity contribution in [1.29, 1.82) is 0 Å². The van der Waals surface area contributed by atoms with Crippen molar-refractivity contribution in [3.05, 3.63) is 17.5 Å². The molecule has 0 radical (unpaired) electrons. The van der Waals surface area contributed by atoms with Gasteiger partial charge in [0.05, 0.1) is 12.2 Å². The highest BCUT2D eigenvalue weighted by Crippen LogP contribution is 2.22. The fourth-order valence-corrected chi connectivity index (χ4v) is 3.52. The summed E-state index contributed by atoms with van der Waals surface area (Å²) in [6.45, 7) is 15.2. The van der Waals surface area contributed by atoms with E-state index in [0.717, 1.165) is 56.4 Å². The molecule has 0 atom stereocenters. The molecule has 10 heteroatoms. The van der Waals surface area contributed by atoms with Crippen molar-refractivity contribution < 1.29 is 14.1 Å². The van der Waals surface area contributed by atoms with Gasteiger partial charge in [-0.1, -0.05) is 19.0 Å². The minimum atomic E-state index is -0.456. The molecule has 2 rings (SSSR count). The second-order valence-electron chi connectivity index (χ2n) is 8.89. The van der Waals surface area contributed by atoms with Crippen molar-refractivity contribution in [1.82, 2.24) is 25.6 Å². The molecule has 1 aliphatic heterocycles. The second kappa shape index (κ2) is 13.9. The Kier molecular flexibility index (Phi) is 12.3. The summed E-state index contributed by atoms with van der Waals surface area (Å²) in [6.07, 6.45) is 1.89. The van der Waals surface area contributed by atoms with Gasteiger partial charge in [-0.3, -0.25) is 9.89 Å². The van der Waals surface area contributed by atoms with Gasteiger partial charge < -0.3 is 24.8 Å². The van der Waals surface area contributed by atoms with Crippen LogP contribution >= 0.6 is 24.0 Å². The zero-order valence-electron chi connectivity index (χ0n) is 20.4. The van der Waals surface area contributed by atoms with E-state index in [-0.39, 0.29) is 30.1 Å². The van der Waals surface area contributed by atoms with Crippen LogP contribution in [0, 0.1) is 0 Å². The number of rotatable bonds is 8. The number of carbonyl (C=O) groups is 1. The molecule has 2 N–H and O–H groups in total. The maximum Gasteiger partial charge on any atom is 0.410 e. The molecule has 1 aliphatic rings. The van der Waals surface area contributed by atoms with E-state index in [1.807, 2.05) is 26.8 Å². The Balaban J connectivity index is 0.00000512. The minimum Gasteiger partial charge on any atom is -0.444 e. The summed E-state index contributed by atoms with van der Waals surface area (Å²) in [7, 11) is 1.75. The lowest BCUT2D eigenvalue weighted by Gasteiger charge is -2.35. The molecular formula is C22H41IN6O3. The molecule has 0 unspecified atom stereocenters. The third kappa shape index (κ3) is 9.51. The SMILES string of the molecule is CCC(CC)c1cc(CNC(=NC)NCCN2CCN(C(=O)OC(C)(C)C)CC2)on1.I. The number of aliphatic imine (C=N–C) groups is 1. The lowest BCUT2D eigenvalue weighted by atomic mass is 9.99. The summed E-state index contributed by atoms with van der Waals surface area (Å²) >= 11 is 0. The molecule has 9 nitrogen and oxygen atoms in total. The van der Waals surface area contributed by atoms with Crippen molar-refractivity contribution in [3.63, 3.8) is 0 Å². The number of halogens is 1. The van der Waals surface area contributed by atoms with E-state index in [0.29, 0.717) is 25.6 Å². The minimum absolute atomic E-state index is 0. The second-order valence-corrected chi connectivity index (χ2v) is 8.89. The Morgan fingerprint density at radius 3 is 2.44 bits per heavy atom. The molecule has 32 heavy (non-hydrogen) atoms. The number of carbonyl (C=O) groups excluding carboxylic acids is 1. The van der Waals surface area contributed by atoms with Gasteiger partial charge in [0.1, 0.15) is 5.60 Å². The van der Waals surface area contributed by atoms with Crippen LogP contribution in [-0.4, -0.2) is 78.9 Å². The maximum absolute atomic E-state index is 12.2. The molecule has 0 aliphatic carbocycles. The molecule has 1 aromatic rings. The van der Waals surface area contributed by atoms with Gasteiger partial charge in [-0.25, -0.2) is 4.79 Å². The maximum atomic E-state index is 12.2. The van der Waals surface area contributed by atoms with Crippen molar-refractivity contribution in [3.8, 4) is 0 Å². The molecule has 1 saturated heterocycles. The molecule has 1 amide bonds. The predicted molar refractivity (Wildman–Crippen MR) is 138 cm³/mol. The van der Waals surface area contributed by atoms with Crippen LogP contribution in [0.1, 0.15) is 64.8 Å². The Morgan fingerprint density at radius 1 is 1.22 bits per heavy atom. The number of hydrogen-bond acceptors (Lipinski definition) is 6. The normalized spacial score (nSPS) is 15.5. The molecular weight excluding hydrogens is 523 g/mol. The predicted octanol–water partition coefficient (Wildman–Crippen LogP) is 3.41. The fourth-order valence-electron chi connectivity index (χ4n) is 3.52. The monoisotopic (exact) mass is 564 g/mol. The molecule has 0 aromatic carbocycles. The molecule has 0 bridgehead atoms. The van der Waals surface area contributed by atoms with Crippen molar-refractivity contribution in [2.24, 2.45) is 4.99 Å². The molecule has 2 heterocycles. The highest BCUT2D eigenvalue weighted by Gasteiger charge is 2.25. The molecule has 0 saturated carbocycles. The van der Waals surface area contributed by atoms with Gasteiger partial charge in [0.15, 0.2) is 11.7 Å². The summed E-state index contributed by atoms with van der Waals surface area (Å²) in [5.41, 5.74) is 0.567. The first-order valence-electron chi connectivity index (χ1n) is 11.4. The number of guanidine groups is 1. The molecule has 1 aromatic heterocycles. The highest BCUT2D eigenvalue weighted by atomic mass is 127. The van der Waals surface area contributed by atoms with Gasteiger partial charge in [-0.2, -0.15) is 0 Å². The largest absolute Gasteiger partial charge is 0.444 e. The first kappa shape index (κ1) is 28.5. The number of piperazine rings is 1. The smallest absolute Gasteiger partial charge is 0.410 e. The molecule has 0 spiro atoms. The zero-order valence-corrected chi connectivity index (χ0v) is 22.8. The van der Waals surface area contributed by atoms with Crippen LogP contribution in [-0.2, 0) is 11.3 Å². The Labute approximate surface area is 209 Å². The van der Waals surface area contributed by atoms with Crippen molar-refractivity contribution >= 4 is 36.0 Å². The number of hydrogen-bond donors (Lipinski definition) is 2. The first-order valence-corrected chi connectivity index (χ1v) is 11.4. The van der Waals surface area contributed by atoms with E-state index in [9.17, 15) is 4.79 Å². The quantitative estimate of drug-likeness (QED) is 0.284. The number of nitrogens with zero attached hydrogens (tertiary/aromatic N) is 4. The Hall–Kier alpha value is -1.56. The van der Waals surface area contributed by atoms with E-state index in [2.05, 4.69) is 39.5 Å². The topological polar surface area (TPSA) is 95.2 Å². The lowest BCUT2D eigenvalue weighted by molar-refractivity contribution is 0.0147. The van der Waals surface area contributed by atoms with Crippen molar-refractivity contribution in [2.45, 2.75) is 65.5 Å². The van der Waals surface area contributed by atoms with E-state index < -0.39 is 5.60 Å². The Morgan fingerprint density at radius 2 is 1.88 bits per heavy atom. The van der Waals surface area contributed by atoms with Crippen LogP contribution < -0.4 is 10.6 Å². The van der Waals surface area contributed by atoms with Crippen LogP contribution in [0.15, 0.2) is 15.6 Å². The van der Waals surface area contributed by atoms with Gasteiger partial charge in [0, 0.05) is 58.3 Å². The summed E-state index contributed by atoms with van der Waals surface area (Å²) in [6, 6.07) is 2.03. The highest BCUT2D eigenvalue weighted by molar-refractivity contribution is 14.0. The van der Waals surface area contributed by atoms with E-state index in [1.165, 1.54) is 0 Å².